The zero-order chi connectivity index (χ0) is 24.9. The van der Waals surface area contributed by atoms with E-state index in [1.807, 2.05) is 44.2 Å². The molecule has 3 heterocycles. The number of fused-ring (bicyclic) bond motifs is 1. The summed E-state index contributed by atoms with van der Waals surface area (Å²) in [4.78, 5) is 37.6. The molecule has 35 heavy (non-hydrogen) atoms. The quantitative estimate of drug-likeness (QED) is 0.382. The van der Waals surface area contributed by atoms with Gasteiger partial charge >= 0.3 is 0 Å². The van der Waals surface area contributed by atoms with Crippen LogP contribution < -0.4 is 16.4 Å². The lowest BCUT2D eigenvalue weighted by Gasteiger charge is -2.12. The molecule has 8 heteroatoms. The van der Waals surface area contributed by atoms with Crippen LogP contribution in [0.2, 0.25) is 0 Å². The molecule has 0 aliphatic rings. The van der Waals surface area contributed by atoms with E-state index in [1.54, 1.807) is 24.4 Å². The van der Waals surface area contributed by atoms with Gasteiger partial charge < -0.3 is 16.4 Å². The Balaban J connectivity index is 1.52. The first kappa shape index (κ1) is 23.8. The van der Waals surface area contributed by atoms with Crippen molar-refractivity contribution in [2.75, 3.05) is 5.73 Å². The number of rotatable bonds is 7. The minimum absolute atomic E-state index is 0.0996. The largest absolute Gasteiger partial charge is 0.384 e. The van der Waals surface area contributed by atoms with E-state index in [-0.39, 0.29) is 11.8 Å². The number of carbonyl (C=O) groups excluding carboxylic acids is 2. The number of aromatic nitrogens is 3. The number of benzene rings is 1. The van der Waals surface area contributed by atoms with Crippen molar-refractivity contribution in [3.63, 3.8) is 0 Å². The van der Waals surface area contributed by atoms with Crippen LogP contribution >= 0.6 is 0 Å². The van der Waals surface area contributed by atoms with E-state index >= 15 is 0 Å². The van der Waals surface area contributed by atoms with Gasteiger partial charge in [-0.1, -0.05) is 24.3 Å². The van der Waals surface area contributed by atoms with Gasteiger partial charge in [-0.25, -0.2) is 4.98 Å². The molecule has 1 aromatic carbocycles. The summed E-state index contributed by atoms with van der Waals surface area (Å²) in [5.41, 5.74) is 12.5. The first-order valence-electron chi connectivity index (χ1n) is 11.4. The van der Waals surface area contributed by atoms with E-state index in [2.05, 4.69) is 20.6 Å². The number of carbonyl (C=O) groups is 2. The number of nitrogen functional groups attached to an aromatic ring is 1. The Kier molecular flexibility index (Phi) is 7.01. The highest BCUT2D eigenvalue weighted by Gasteiger charge is 2.12. The van der Waals surface area contributed by atoms with Gasteiger partial charge in [0.25, 0.3) is 5.91 Å². The monoisotopic (exact) mass is 468 g/mol. The zero-order valence-corrected chi connectivity index (χ0v) is 20.1. The molecule has 0 aliphatic carbocycles. The number of para-hydroxylation sites is 1. The third-order valence-electron chi connectivity index (χ3n) is 5.83. The fourth-order valence-electron chi connectivity index (χ4n) is 4.04. The molecule has 0 radical (unpaired) electrons. The topological polar surface area (TPSA) is 123 Å². The average Bonchev–Trinajstić information content (AvgIpc) is 2.82. The Morgan fingerprint density at radius 2 is 1.77 bits per heavy atom. The van der Waals surface area contributed by atoms with Crippen molar-refractivity contribution >= 4 is 28.5 Å². The molecular weight excluding hydrogens is 440 g/mol. The molecule has 2 amide bonds. The zero-order valence-electron chi connectivity index (χ0n) is 20.1. The van der Waals surface area contributed by atoms with Gasteiger partial charge in [-0.2, -0.15) is 0 Å². The van der Waals surface area contributed by atoms with Crippen molar-refractivity contribution in [3.8, 4) is 0 Å². The van der Waals surface area contributed by atoms with Crippen LogP contribution in [0, 0.1) is 13.8 Å². The Labute approximate surface area is 204 Å². The number of amides is 2. The average molecular weight is 469 g/mol. The fourth-order valence-corrected chi connectivity index (χ4v) is 4.04. The summed E-state index contributed by atoms with van der Waals surface area (Å²) in [7, 11) is 0. The van der Waals surface area contributed by atoms with Gasteiger partial charge in [0.15, 0.2) is 0 Å². The number of pyridine rings is 3. The van der Waals surface area contributed by atoms with Crippen molar-refractivity contribution in [2.45, 2.75) is 40.3 Å². The molecule has 4 N–H and O–H groups in total. The highest BCUT2D eigenvalue weighted by molar-refractivity contribution is 5.94. The summed E-state index contributed by atoms with van der Waals surface area (Å²) in [5, 5.41) is 6.76. The standard InChI is InChI=1S/C27H28N6O2/c1-16-11-25(28)32-17(2)24(16)15-31-27(35)21-9-10-29-23(13-21)12-20-6-4-5-19-7-8-22(33-26(19)20)14-30-18(3)34/h4-11,13H,12,14-15H2,1-3H3,(H2,28,32)(H,30,34)(H,31,35). The number of hydrogen-bond acceptors (Lipinski definition) is 6. The van der Waals surface area contributed by atoms with Crippen molar-refractivity contribution < 1.29 is 9.59 Å². The normalized spacial score (nSPS) is 10.8. The lowest BCUT2D eigenvalue weighted by molar-refractivity contribution is -0.119. The SMILES string of the molecule is CC(=O)NCc1ccc2cccc(Cc3cc(C(=O)NCc4c(C)cc(N)nc4C)ccn3)c2n1. The van der Waals surface area contributed by atoms with E-state index < -0.39 is 0 Å². The van der Waals surface area contributed by atoms with Crippen LogP contribution in [0.3, 0.4) is 0 Å². The third kappa shape index (κ3) is 5.78. The molecule has 0 unspecified atom stereocenters. The number of aryl methyl sites for hydroxylation is 2. The summed E-state index contributed by atoms with van der Waals surface area (Å²) in [6, 6.07) is 15.2. The van der Waals surface area contributed by atoms with Gasteiger partial charge in [0.05, 0.1) is 17.8 Å². The molecule has 3 aromatic heterocycles. The molecule has 178 valence electrons. The molecule has 8 nitrogen and oxygen atoms in total. The molecule has 0 aliphatic heterocycles. The number of hydrogen-bond donors (Lipinski definition) is 3. The van der Waals surface area contributed by atoms with E-state index in [4.69, 9.17) is 10.7 Å². The van der Waals surface area contributed by atoms with Gasteiger partial charge in [-0.3, -0.25) is 19.6 Å². The summed E-state index contributed by atoms with van der Waals surface area (Å²) in [6.45, 7) is 6.06. The van der Waals surface area contributed by atoms with Gasteiger partial charge in [-0.05, 0) is 54.8 Å². The number of nitrogens with two attached hydrogens (primary N) is 1. The van der Waals surface area contributed by atoms with E-state index in [1.165, 1.54) is 6.92 Å². The molecular formula is C27H28N6O2. The van der Waals surface area contributed by atoms with Crippen LogP contribution in [-0.2, 0) is 24.3 Å². The summed E-state index contributed by atoms with van der Waals surface area (Å²) in [5.74, 6) is 0.189. The van der Waals surface area contributed by atoms with Gasteiger partial charge in [-0.15, -0.1) is 0 Å². The van der Waals surface area contributed by atoms with Crippen LogP contribution in [-0.4, -0.2) is 26.8 Å². The predicted molar refractivity (Wildman–Crippen MR) is 136 cm³/mol. The number of nitrogens with zero attached hydrogens (tertiary/aromatic N) is 3. The molecule has 4 aromatic rings. The lowest BCUT2D eigenvalue weighted by atomic mass is 10.0. The molecule has 0 bridgehead atoms. The van der Waals surface area contributed by atoms with Gasteiger partial charge in [0, 0.05) is 48.4 Å². The van der Waals surface area contributed by atoms with E-state index in [9.17, 15) is 9.59 Å². The second-order valence-corrected chi connectivity index (χ2v) is 8.52. The molecule has 0 atom stereocenters. The first-order chi connectivity index (χ1) is 16.8. The number of anilines is 1. The Hall–Kier alpha value is -4.33. The summed E-state index contributed by atoms with van der Waals surface area (Å²) < 4.78 is 0. The first-order valence-corrected chi connectivity index (χ1v) is 11.4. The van der Waals surface area contributed by atoms with Gasteiger partial charge in [0.1, 0.15) is 5.82 Å². The van der Waals surface area contributed by atoms with Crippen molar-refractivity contribution in [1.82, 2.24) is 25.6 Å². The van der Waals surface area contributed by atoms with Crippen LogP contribution in [0.4, 0.5) is 5.82 Å². The smallest absolute Gasteiger partial charge is 0.251 e. The second-order valence-electron chi connectivity index (χ2n) is 8.52. The lowest BCUT2D eigenvalue weighted by Crippen LogP contribution is -2.24. The molecule has 4 rings (SSSR count). The predicted octanol–water partition coefficient (Wildman–Crippen LogP) is 3.38. The molecule has 0 fully saturated rings. The van der Waals surface area contributed by atoms with Gasteiger partial charge in [0.2, 0.25) is 5.91 Å². The maximum Gasteiger partial charge on any atom is 0.251 e. The highest BCUT2D eigenvalue weighted by Crippen LogP contribution is 2.20. The molecule has 0 saturated heterocycles. The van der Waals surface area contributed by atoms with Crippen LogP contribution in [0.5, 0.6) is 0 Å². The van der Waals surface area contributed by atoms with E-state index in [0.29, 0.717) is 30.9 Å². The molecule has 0 spiro atoms. The van der Waals surface area contributed by atoms with Crippen molar-refractivity contribution in [1.29, 1.82) is 0 Å². The minimum Gasteiger partial charge on any atom is -0.384 e. The Bertz CT molecular complexity index is 1390. The highest BCUT2D eigenvalue weighted by atomic mass is 16.2. The second kappa shape index (κ2) is 10.3. The fraction of sp³-hybridized carbons (Fsp3) is 0.222. The molecule has 0 saturated carbocycles. The summed E-state index contributed by atoms with van der Waals surface area (Å²) in [6.07, 6.45) is 2.17. The van der Waals surface area contributed by atoms with E-state index in [0.717, 1.165) is 44.7 Å². The Morgan fingerprint density at radius 1 is 0.943 bits per heavy atom. The maximum atomic E-state index is 12.9. The third-order valence-corrected chi connectivity index (χ3v) is 5.83. The van der Waals surface area contributed by atoms with Crippen molar-refractivity contribution in [2.24, 2.45) is 0 Å². The van der Waals surface area contributed by atoms with Crippen molar-refractivity contribution in [3.05, 3.63) is 94.1 Å². The van der Waals surface area contributed by atoms with Crippen LogP contribution in [0.1, 0.15) is 51.1 Å². The number of nitrogens with one attached hydrogen (secondary N) is 2. The maximum absolute atomic E-state index is 12.9. The van der Waals surface area contributed by atoms with Crippen LogP contribution in [0.15, 0.2) is 54.7 Å². The summed E-state index contributed by atoms with van der Waals surface area (Å²) >= 11 is 0. The minimum atomic E-state index is -0.182. The Morgan fingerprint density at radius 3 is 2.54 bits per heavy atom. The van der Waals surface area contributed by atoms with Crippen LogP contribution in [0.25, 0.3) is 10.9 Å².